The average molecular weight is 168 g/mol. The number of rotatable bonds is 1. The minimum absolute atomic E-state index is 0.704. The molecule has 11 heavy (non-hydrogen) atoms. The molecule has 58 valence electrons. The van der Waals surface area contributed by atoms with Gasteiger partial charge in [0.2, 0.25) is 0 Å². The average Bonchev–Trinajstić information content (AvgIpc) is 2.70. The first-order valence-corrected chi connectivity index (χ1v) is 4.27. The summed E-state index contributed by atoms with van der Waals surface area (Å²) in [7, 11) is 0. The third kappa shape index (κ3) is 1.38. The minimum Gasteiger partial charge on any atom is -0.261 e. The van der Waals surface area contributed by atoms with Crippen LogP contribution in [-0.2, 0) is 0 Å². The Kier molecular flexibility index (Phi) is 1.61. The second-order valence-electron chi connectivity index (χ2n) is 3.12. The highest BCUT2D eigenvalue weighted by atomic mass is 35.5. The normalized spacial score (nSPS) is 16.9. The lowest BCUT2D eigenvalue weighted by molar-refractivity contribution is 1.07. The van der Waals surface area contributed by atoms with Crippen LogP contribution in [0.3, 0.4) is 0 Å². The number of aromatic nitrogens is 1. The predicted molar refractivity (Wildman–Crippen MR) is 46.0 cm³/mol. The number of nitrogens with zero attached hydrogens (tertiary/aromatic N) is 1. The summed E-state index contributed by atoms with van der Waals surface area (Å²) < 4.78 is 0. The number of halogens is 1. The second-order valence-corrected chi connectivity index (χ2v) is 3.53. The molecule has 0 amide bonds. The van der Waals surface area contributed by atoms with Crippen LogP contribution in [0, 0.1) is 6.92 Å². The molecule has 1 aliphatic rings. The van der Waals surface area contributed by atoms with Crippen molar-refractivity contribution < 1.29 is 0 Å². The van der Waals surface area contributed by atoms with E-state index in [1.54, 1.807) is 0 Å². The van der Waals surface area contributed by atoms with E-state index >= 15 is 0 Å². The van der Waals surface area contributed by atoms with E-state index < -0.39 is 0 Å². The van der Waals surface area contributed by atoms with Crippen molar-refractivity contribution in [3.8, 4) is 0 Å². The second kappa shape index (κ2) is 2.49. The van der Waals surface area contributed by atoms with E-state index in [-0.39, 0.29) is 0 Å². The SMILES string of the molecule is Cc1cc(Cl)c(C2CC2)cn1. The van der Waals surface area contributed by atoms with E-state index in [1.165, 1.54) is 18.4 Å². The van der Waals surface area contributed by atoms with Crippen molar-refractivity contribution >= 4 is 11.6 Å². The molecule has 0 saturated heterocycles. The lowest BCUT2D eigenvalue weighted by Gasteiger charge is -2.00. The third-order valence-electron chi connectivity index (χ3n) is 2.04. The van der Waals surface area contributed by atoms with Gasteiger partial charge in [0.05, 0.1) is 0 Å². The molecule has 0 radical (unpaired) electrons. The molecule has 2 rings (SSSR count). The van der Waals surface area contributed by atoms with Crippen molar-refractivity contribution in [3.63, 3.8) is 0 Å². The van der Waals surface area contributed by atoms with Gasteiger partial charge < -0.3 is 0 Å². The highest BCUT2D eigenvalue weighted by Gasteiger charge is 2.25. The Morgan fingerprint density at radius 3 is 2.82 bits per heavy atom. The van der Waals surface area contributed by atoms with E-state index in [4.69, 9.17) is 11.6 Å². The first-order valence-electron chi connectivity index (χ1n) is 3.89. The highest BCUT2D eigenvalue weighted by molar-refractivity contribution is 6.31. The fourth-order valence-electron chi connectivity index (χ4n) is 1.23. The van der Waals surface area contributed by atoms with Crippen LogP contribution in [0.25, 0.3) is 0 Å². The van der Waals surface area contributed by atoms with Gasteiger partial charge in [-0.05, 0) is 37.3 Å². The molecule has 0 spiro atoms. The summed E-state index contributed by atoms with van der Waals surface area (Å²) in [5.74, 6) is 0.704. The molecule has 0 atom stereocenters. The Morgan fingerprint density at radius 1 is 1.55 bits per heavy atom. The third-order valence-corrected chi connectivity index (χ3v) is 2.36. The summed E-state index contributed by atoms with van der Waals surface area (Å²) >= 11 is 6.02. The van der Waals surface area contributed by atoms with Gasteiger partial charge in [-0.2, -0.15) is 0 Å². The van der Waals surface area contributed by atoms with Gasteiger partial charge in [-0.1, -0.05) is 11.6 Å². The summed E-state index contributed by atoms with van der Waals surface area (Å²) in [6.45, 7) is 1.96. The molecule has 1 saturated carbocycles. The molecule has 0 bridgehead atoms. The Bertz CT molecular complexity index is 279. The van der Waals surface area contributed by atoms with Crippen LogP contribution in [0.2, 0.25) is 5.02 Å². The molecule has 1 nitrogen and oxygen atoms in total. The Hall–Kier alpha value is -0.560. The van der Waals surface area contributed by atoms with Crippen LogP contribution in [0.4, 0.5) is 0 Å². The molecule has 1 aromatic heterocycles. The van der Waals surface area contributed by atoms with Gasteiger partial charge in [0, 0.05) is 16.9 Å². The smallest absolute Gasteiger partial charge is 0.0474 e. The minimum atomic E-state index is 0.704. The molecular weight excluding hydrogens is 158 g/mol. The van der Waals surface area contributed by atoms with Gasteiger partial charge in [-0.25, -0.2) is 0 Å². The van der Waals surface area contributed by atoms with Crippen molar-refractivity contribution in [2.24, 2.45) is 0 Å². The fraction of sp³-hybridized carbons (Fsp3) is 0.444. The van der Waals surface area contributed by atoms with Gasteiger partial charge in [-0.3, -0.25) is 4.98 Å². The lowest BCUT2D eigenvalue weighted by Crippen LogP contribution is -1.86. The summed E-state index contributed by atoms with van der Waals surface area (Å²) in [4.78, 5) is 4.22. The van der Waals surface area contributed by atoms with E-state index in [2.05, 4.69) is 4.98 Å². The standard InChI is InChI=1S/C9H10ClN/c1-6-4-9(10)8(5-11-6)7-2-3-7/h4-5,7H,2-3H2,1H3. The summed E-state index contributed by atoms with van der Waals surface area (Å²) in [5, 5.41) is 0.889. The number of hydrogen-bond donors (Lipinski definition) is 0. The summed E-state index contributed by atoms with van der Waals surface area (Å²) in [6.07, 6.45) is 4.48. The van der Waals surface area contributed by atoms with Crippen LogP contribution in [0.1, 0.15) is 30.0 Å². The zero-order chi connectivity index (χ0) is 7.84. The Morgan fingerprint density at radius 2 is 2.27 bits per heavy atom. The van der Waals surface area contributed by atoms with Crippen molar-refractivity contribution in [2.75, 3.05) is 0 Å². The van der Waals surface area contributed by atoms with Crippen LogP contribution >= 0.6 is 11.6 Å². The Balaban J connectivity index is 2.39. The maximum Gasteiger partial charge on any atom is 0.0474 e. The zero-order valence-corrected chi connectivity index (χ0v) is 7.23. The van der Waals surface area contributed by atoms with Crippen molar-refractivity contribution in [2.45, 2.75) is 25.7 Å². The molecule has 0 unspecified atom stereocenters. The topological polar surface area (TPSA) is 12.9 Å². The molecule has 2 heteroatoms. The molecule has 0 N–H and O–H groups in total. The first-order chi connectivity index (χ1) is 5.27. The van der Waals surface area contributed by atoms with Gasteiger partial charge in [-0.15, -0.1) is 0 Å². The van der Waals surface area contributed by atoms with Crippen molar-refractivity contribution in [3.05, 3.63) is 28.5 Å². The molecule has 1 fully saturated rings. The molecule has 0 aliphatic heterocycles. The fourth-order valence-corrected chi connectivity index (χ4v) is 1.59. The van der Waals surface area contributed by atoms with E-state index in [0.29, 0.717) is 5.92 Å². The Labute approximate surface area is 71.4 Å². The predicted octanol–water partition coefficient (Wildman–Crippen LogP) is 2.92. The van der Waals surface area contributed by atoms with Crippen LogP contribution in [0.15, 0.2) is 12.3 Å². The maximum absolute atomic E-state index is 6.02. The van der Waals surface area contributed by atoms with Crippen LogP contribution in [-0.4, -0.2) is 4.98 Å². The maximum atomic E-state index is 6.02. The van der Waals surface area contributed by atoms with Crippen LogP contribution in [0.5, 0.6) is 0 Å². The molecule has 1 aliphatic carbocycles. The van der Waals surface area contributed by atoms with E-state index in [0.717, 1.165) is 10.7 Å². The molecule has 1 aromatic rings. The van der Waals surface area contributed by atoms with Crippen molar-refractivity contribution in [1.82, 2.24) is 4.98 Å². The number of aryl methyl sites for hydroxylation is 1. The highest BCUT2D eigenvalue weighted by Crippen LogP contribution is 2.42. The quantitative estimate of drug-likeness (QED) is 0.627. The van der Waals surface area contributed by atoms with Gasteiger partial charge >= 0.3 is 0 Å². The van der Waals surface area contributed by atoms with Gasteiger partial charge in [0.25, 0.3) is 0 Å². The number of hydrogen-bond acceptors (Lipinski definition) is 1. The van der Waals surface area contributed by atoms with E-state index in [9.17, 15) is 0 Å². The number of pyridine rings is 1. The summed E-state index contributed by atoms with van der Waals surface area (Å²) in [5.41, 5.74) is 2.23. The largest absolute Gasteiger partial charge is 0.261 e. The molecular formula is C9H10ClN. The van der Waals surface area contributed by atoms with Gasteiger partial charge in [0.1, 0.15) is 0 Å². The monoisotopic (exact) mass is 167 g/mol. The molecule has 0 aromatic carbocycles. The summed E-state index contributed by atoms with van der Waals surface area (Å²) in [6, 6.07) is 1.94. The first kappa shape index (κ1) is 7.11. The van der Waals surface area contributed by atoms with Gasteiger partial charge in [0.15, 0.2) is 0 Å². The van der Waals surface area contributed by atoms with Crippen LogP contribution < -0.4 is 0 Å². The lowest BCUT2D eigenvalue weighted by atomic mass is 10.2. The van der Waals surface area contributed by atoms with Crippen molar-refractivity contribution in [1.29, 1.82) is 0 Å². The zero-order valence-electron chi connectivity index (χ0n) is 6.47. The molecule has 1 heterocycles. The van der Waals surface area contributed by atoms with E-state index in [1.807, 2.05) is 19.2 Å².